The molecule has 27 heavy (non-hydrogen) atoms. The average Bonchev–Trinajstić information content (AvgIpc) is 3.31. The van der Waals surface area contributed by atoms with Gasteiger partial charge in [0.1, 0.15) is 22.1 Å². The number of esters is 1. The lowest BCUT2D eigenvalue weighted by atomic mass is 10.1. The summed E-state index contributed by atoms with van der Waals surface area (Å²) >= 11 is 1.30. The fourth-order valence-electron chi connectivity index (χ4n) is 2.67. The van der Waals surface area contributed by atoms with Gasteiger partial charge in [0.15, 0.2) is 5.76 Å². The van der Waals surface area contributed by atoms with Crippen molar-refractivity contribution in [3.63, 3.8) is 0 Å². The zero-order chi connectivity index (χ0) is 18.8. The van der Waals surface area contributed by atoms with Crippen LogP contribution in [0.3, 0.4) is 0 Å². The highest BCUT2D eigenvalue weighted by molar-refractivity contribution is 7.12. The van der Waals surface area contributed by atoms with Crippen molar-refractivity contribution in [1.29, 1.82) is 0 Å². The van der Waals surface area contributed by atoms with Crippen LogP contribution in [0.15, 0.2) is 65.7 Å². The van der Waals surface area contributed by atoms with Gasteiger partial charge in [-0.1, -0.05) is 18.2 Å². The number of benzene rings is 2. The summed E-state index contributed by atoms with van der Waals surface area (Å²) in [5, 5.41) is 1.80. The Hall–Kier alpha value is -3.38. The number of ether oxygens (including phenoxy) is 3. The van der Waals surface area contributed by atoms with Crippen molar-refractivity contribution in [2.45, 2.75) is 0 Å². The van der Waals surface area contributed by atoms with E-state index in [0.717, 1.165) is 5.56 Å². The second-order valence-electron chi connectivity index (χ2n) is 5.74. The van der Waals surface area contributed by atoms with Gasteiger partial charge in [-0.15, -0.1) is 11.3 Å². The van der Waals surface area contributed by atoms with E-state index in [0.29, 0.717) is 27.7 Å². The topological polar surface area (TPSA) is 61.8 Å². The van der Waals surface area contributed by atoms with Crippen LogP contribution in [-0.4, -0.2) is 18.9 Å². The third-order valence-electron chi connectivity index (χ3n) is 3.97. The Bertz CT molecular complexity index is 1050. The van der Waals surface area contributed by atoms with Crippen molar-refractivity contribution in [2.24, 2.45) is 0 Å². The van der Waals surface area contributed by atoms with Crippen molar-refractivity contribution in [3.05, 3.63) is 81.7 Å². The largest absolute Gasteiger partial charge is 0.497 e. The Kier molecular flexibility index (Phi) is 4.48. The molecule has 0 radical (unpaired) electrons. The second kappa shape index (κ2) is 7.09. The SMILES string of the molecule is COc1cccc(C=C2Oc3cc(OC(=O)c4cccs4)ccc3C2=O)c1. The monoisotopic (exact) mass is 378 g/mol. The number of rotatable bonds is 4. The Labute approximate surface area is 159 Å². The summed E-state index contributed by atoms with van der Waals surface area (Å²) in [7, 11) is 1.58. The van der Waals surface area contributed by atoms with E-state index < -0.39 is 5.97 Å². The number of thiophene rings is 1. The number of Topliss-reactive ketones (excluding diaryl/α,β-unsaturated/α-hetero) is 1. The standard InChI is InChI=1S/C21H14O5S/c1-24-14-5-2-4-13(10-14)11-18-20(22)16-8-7-15(12-17(16)26-18)25-21(23)19-6-3-9-27-19/h2-12H,1H3. The van der Waals surface area contributed by atoms with Crippen LogP contribution in [-0.2, 0) is 0 Å². The molecule has 0 aliphatic carbocycles. The summed E-state index contributed by atoms with van der Waals surface area (Å²) in [4.78, 5) is 25.1. The maximum Gasteiger partial charge on any atom is 0.353 e. The van der Waals surface area contributed by atoms with Crippen LogP contribution in [0.1, 0.15) is 25.6 Å². The number of allylic oxidation sites excluding steroid dienone is 1. The van der Waals surface area contributed by atoms with E-state index in [2.05, 4.69) is 0 Å². The Morgan fingerprint density at radius 2 is 1.96 bits per heavy atom. The van der Waals surface area contributed by atoms with E-state index >= 15 is 0 Å². The molecule has 2 heterocycles. The molecule has 1 aliphatic rings. The number of ketones is 1. The van der Waals surface area contributed by atoms with Gasteiger partial charge in [0.05, 0.1) is 12.7 Å². The summed E-state index contributed by atoms with van der Waals surface area (Å²) in [6.07, 6.45) is 1.65. The van der Waals surface area contributed by atoms with Gasteiger partial charge < -0.3 is 14.2 Å². The molecule has 0 bridgehead atoms. The molecular formula is C21H14O5S. The van der Waals surface area contributed by atoms with Crippen LogP contribution in [0, 0.1) is 0 Å². The molecule has 6 heteroatoms. The number of fused-ring (bicyclic) bond motifs is 1. The molecule has 1 aromatic heterocycles. The van der Waals surface area contributed by atoms with Crippen LogP contribution in [0.4, 0.5) is 0 Å². The molecule has 0 fully saturated rings. The van der Waals surface area contributed by atoms with E-state index in [1.165, 1.54) is 11.3 Å². The highest BCUT2D eigenvalue weighted by Crippen LogP contribution is 2.35. The molecule has 0 amide bonds. The number of hydrogen-bond acceptors (Lipinski definition) is 6. The minimum Gasteiger partial charge on any atom is -0.497 e. The molecule has 0 spiro atoms. The highest BCUT2D eigenvalue weighted by Gasteiger charge is 2.28. The normalized spacial score (nSPS) is 14.0. The fourth-order valence-corrected chi connectivity index (χ4v) is 3.26. The predicted molar refractivity (Wildman–Crippen MR) is 102 cm³/mol. The molecule has 0 atom stereocenters. The van der Waals surface area contributed by atoms with E-state index in [9.17, 15) is 9.59 Å². The zero-order valence-electron chi connectivity index (χ0n) is 14.3. The molecule has 3 aromatic rings. The Morgan fingerprint density at radius 3 is 2.74 bits per heavy atom. The summed E-state index contributed by atoms with van der Waals surface area (Å²) in [5.74, 6) is 0.925. The van der Waals surface area contributed by atoms with E-state index in [-0.39, 0.29) is 11.5 Å². The van der Waals surface area contributed by atoms with Gasteiger partial charge in [-0.2, -0.15) is 0 Å². The van der Waals surface area contributed by atoms with Gasteiger partial charge in [0, 0.05) is 6.07 Å². The molecule has 0 unspecified atom stereocenters. The molecular weight excluding hydrogens is 364 g/mol. The first-order chi connectivity index (χ1) is 13.1. The summed E-state index contributed by atoms with van der Waals surface area (Å²) in [6, 6.07) is 15.5. The highest BCUT2D eigenvalue weighted by atomic mass is 32.1. The predicted octanol–water partition coefficient (Wildman–Crippen LogP) is 4.59. The van der Waals surface area contributed by atoms with Crippen molar-refractivity contribution < 1.29 is 23.8 Å². The minimum absolute atomic E-state index is 0.208. The lowest BCUT2D eigenvalue weighted by Gasteiger charge is -2.04. The van der Waals surface area contributed by atoms with E-state index in [1.807, 2.05) is 18.2 Å². The average molecular weight is 378 g/mol. The van der Waals surface area contributed by atoms with Crippen molar-refractivity contribution >= 4 is 29.2 Å². The van der Waals surface area contributed by atoms with Crippen LogP contribution in [0.2, 0.25) is 0 Å². The molecule has 4 rings (SSSR count). The van der Waals surface area contributed by atoms with Crippen molar-refractivity contribution in [3.8, 4) is 17.2 Å². The third-order valence-corrected chi connectivity index (χ3v) is 4.82. The summed E-state index contributed by atoms with van der Waals surface area (Å²) < 4.78 is 16.2. The summed E-state index contributed by atoms with van der Waals surface area (Å²) in [6.45, 7) is 0. The van der Waals surface area contributed by atoms with Gasteiger partial charge in [0.2, 0.25) is 5.78 Å². The molecule has 2 aromatic carbocycles. The molecule has 134 valence electrons. The lowest BCUT2D eigenvalue weighted by molar-refractivity contribution is 0.0739. The molecule has 0 saturated heterocycles. The van der Waals surface area contributed by atoms with E-state index in [1.54, 1.807) is 55.0 Å². The number of carbonyl (C=O) groups is 2. The van der Waals surface area contributed by atoms with Gasteiger partial charge in [0.25, 0.3) is 0 Å². The van der Waals surface area contributed by atoms with Gasteiger partial charge in [-0.25, -0.2) is 4.79 Å². The second-order valence-corrected chi connectivity index (χ2v) is 6.69. The van der Waals surface area contributed by atoms with Crippen LogP contribution in [0.5, 0.6) is 17.2 Å². The summed E-state index contributed by atoms with van der Waals surface area (Å²) in [5.41, 5.74) is 1.22. The lowest BCUT2D eigenvalue weighted by Crippen LogP contribution is -2.06. The molecule has 0 N–H and O–H groups in total. The van der Waals surface area contributed by atoms with Crippen LogP contribution < -0.4 is 14.2 Å². The maximum atomic E-state index is 12.5. The number of hydrogen-bond donors (Lipinski definition) is 0. The molecule has 1 aliphatic heterocycles. The Morgan fingerprint density at radius 1 is 1.07 bits per heavy atom. The van der Waals surface area contributed by atoms with Crippen molar-refractivity contribution in [2.75, 3.05) is 7.11 Å². The first kappa shape index (κ1) is 17.1. The zero-order valence-corrected chi connectivity index (χ0v) is 15.1. The van der Waals surface area contributed by atoms with Crippen molar-refractivity contribution in [1.82, 2.24) is 0 Å². The van der Waals surface area contributed by atoms with E-state index in [4.69, 9.17) is 14.2 Å². The number of methoxy groups -OCH3 is 1. The fraction of sp³-hybridized carbons (Fsp3) is 0.0476. The maximum absolute atomic E-state index is 12.5. The minimum atomic E-state index is -0.443. The van der Waals surface area contributed by atoms with Gasteiger partial charge in [-0.3, -0.25) is 4.79 Å². The molecule has 5 nitrogen and oxygen atoms in total. The first-order valence-electron chi connectivity index (χ1n) is 8.12. The quantitative estimate of drug-likeness (QED) is 0.377. The molecule has 0 saturated carbocycles. The third kappa shape index (κ3) is 3.47. The van der Waals surface area contributed by atoms with Crippen LogP contribution in [0.25, 0.3) is 6.08 Å². The number of carbonyl (C=O) groups excluding carboxylic acids is 2. The van der Waals surface area contributed by atoms with Gasteiger partial charge in [-0.05, 0) is 47.4 Å². The smallest absolute Gasteiger partial charge is 0.353 e. The van der Waals surface area contributed by atoms with Gasteiger partial charge >= 0.3 is 5.97 Å². The first-order valence-corrected chi connectivity index (χ1v) is 9.00. The Balaban J connectivity index is 1.57. The van der Waals surface area contributed by atoms with Crippen LogP contribution >= 0.6 is 11.3 Å².